The highest BCUT2D eigenvalue weighted by atomic mass is 16.5. The number of likely N-dealkylation sites (N-methyl/N-ethyl adjacent to an activating group) is 1. The van der Waals surface area contributed by atoms with Gasteiger partial charge < -0.3 is 30.3 Å². The summed E-state index contributed by atoms with van der Waals surface area (Å²) in [7, 11) is 1.71. The van der Waals surface area contributed by atoms with Crippen LogP contribution in [0.25, 0.3) is 10.8 Å². The van der Waals surface area contributed by atoms with Gasteiger partial charge in [-0.25, -0.2) is 4.79 Å². The van der Waals surface area contributed by atoms with Crippen molar-refractivity contribution in [3.8, 4) is 5.75 Å². The summed E-state index contributed by atoms with van der Waals surface area (Å²) in [5, 5.41) is 18.0. The van der Waals surface area contributed by atoms with Crippen LogP contribution in [0, 0.1) is 11.8 Å². The van der Waals surface area contributed by atoms with E-state index in [4.69, 9.17) is 4.74 Å². The Balaban J connectivity index is 1.42. The Kier molecular flexibility index (Phi) is 9.50. The lowest BCUT2D eigenvalue weighted by molar-refractivity contribution is -0.120. The molecule has 228 valence electrons. The third-order valence-electron chi connectivity index (χ3n) is 8.76. The van der Waals surface area contributed by atoms with Gasteiger partial charge in [-0.1, -0.05) is 68.7 Å². The predicted octanol–water partition coefficient (Wildman–Crippen LogP) is 5.74. The van der Waals surface area contributed by atoms with Gasteiger partial charge >= 0.3 is 6.03 Å². The summed E-state index contributed by atoms with van der Waals surface area (Å²) in [6, 6.07) is 18.1. The van der Waals surface area contributed by atoms with E-state index in [-0.39, 0.29) is 42.8 Å². The molecule has 4 amide bonds. The van der Waals surface area contributed by atoms with Crippen LogP contribution in [0.2, 0.25) is 0 Å². The van der Waals surface area contributed by atoms with Gasteiger partial charge in [0, 0.05) is 30.8 Å². The Morgan fingerprint density at radius 1 is 1.00 bits per heavy atom. The molecule has 1 saturated carbocycles. The van der Waals surface area contributed by atoms with Crippen molar-refractivity contribution in [2.24, 2.45) is 11.8 Å². The van der Waals surface area contributed by atoms with Gasteiger partial charge in [-0.2, -0.15) is 0 Å². The molecule has 9 nitrogen and oxygen atoms in total. The van der Waals surface area contributed by atoms with Crippen molar-refractivity contribution in [1.29, 1.82) is 0 Å². The van der Waals surface area contributed by atoms with Crippen LogP contribution in [0.15, 0.2) is 60.7 Å². The van der Waals surface area contributed by atoms with Crippen LogP contribution < -0.4 is 15.4 Å². The monoisotopic (exact) mass is 586 g/mol. The number of nitrogens with zero attached hydrogens (tertiary/aromatic N) is 2. The van der Waals surface area contributed by atoms with Crippen molar-refractivity contribution < 1.29 is 24.2 Å². The lowest BCUT2D eigenvalue weighted by Crippen LogP contribution is -2.50. The summed E-state index contributed by atoms with van der Waals surface area (Å²) >= 11 is 0. The highest BCUT2D eigenvalue weighted by molar-refractivity contribution is 6.03. The first-order valence-electron chi connectivity index (χ1n) is 15.3. The molecule has 3 aromatic rings. The van der Waals surface area contributed by atoms with Crippen molar-refractivity contribution in [3.63, 3.8) is 0 Å². The van der Waals surface area contributed by atoms with E-state index < -0.39 is 12.1 Å². The van der Waals surface area contributed by atoms with E-state index in [2.05, 4.69) is 10.6 Å². The first-order valence-corrected chi connectivity index (χ1v) is 15.3. The quantitative estimate of drug-likeness (QED) is 0.327. The van der Waals surface area contributed by atoms with Crippen LogP contribution >= 0.6 is 0 Å². The topological polar surface area (TPSA) is 111 Å². The van der Waals surface area contributed by atoms with Gasteiger partial charge in [0.15, 0.2) is 5.75 Å². The number of nitrogens with one attached hydrogen (secondary N) is 2. The fraction of sp³-hybridized carbons (Fsp3) is 0.441. The van der Waals surface area contributed by atoms with Crippen LogP contribution in [0.5, 0.6) is 5.75 Å². The number of urea groups is 1. The van der Waals surface area contributed by atoms with Crippen LogP contribution in [0.1, 0.15) is 56.3 Å². The van der Waals surface area contributed by atoms with Gasteiger partial charge in [-0.05, 0) is 43.4 Å². The maximum atomic E-state index is 13.8. The van der Waals surface area contributed by atoms with Crippen molar-refractivity contribution in [2.75, 3.05) is 37.4 Å². The third kappa shape index (κ3) is 6.77. The van der Waals surface area contributed by atoms with Crippen molar-refractivity contribution in [2.45, 2.75) is 58.1 Å². The average Bonchev–Trinajstić information content (AvgIpc) is 3.03. The summed E-state index contributed by atoms with van der Waals surface area (Å²) in [5.74, 6) is -0.300. The van der Waals surface area contributed by atoms with Crippen molar-refractivity contribution >= 4 is 40.0 Å². The maximum absolute atomic E-state index is 13.8. The Hall–Kier alpha value is -4.11. The van der Waals surface area contributed by atoms with E-state index in [9.17, 15) is 19.5 Å². The lowest BCUT2D eigenvalue weighted by atomic mass is 9.88. The minimum absolute atomic E-state index is 0.0667. The molecule has 5 rings (SSSR count). The number of aliphatic hydroxyl groups excluding tert-OH is 1. The molecule has 0 aromatic heterocycles. The molecule has 3 aromatic carbocycles. The van der Waals surface area contributed by atoms with E-state index in [0.29, 0.717) is 29.2 Å². The van der Waals surface area contributed by atoms with Crippen LogP contribution in [0.4, 0.5) is 16.2 Å². The largest absolute Gasteiger partial charge is 0.485 e. The molecule has 3 N–H and O–H groups in total. The summed E-state index contributed by atoms with van der Waals surface area (Å²) < 4.78 is 6.60. The molecule has 0 unspecified atom stereocenters. The maximum Gasteiger partial charge on any atom is 0.321 e. The second-order valence-corrected chi connectivity index (χ2v) is 12.0. The number of carbonyl (C=O) groups excluding carboxylic acids is 3. The number of ether oxygens (including phenoxy) is 1. The highest BCUT2D eigenvalue weighted by Crippen LogP contribution is 2.36. The molecule has 0 radical (unpaired) electrons. The molecule has 0 saturated heterocycles. The highest BCUT2D eigenvalue weighted by Gasteiger charge is 2.35. The number of hydrogen-bond donors (Lipinski definition) is 3. The molecule has 0 bridgehead atoms. The molecule has 43 heavy (non-hydrogen) atoms. The van der Waals surface area contributed by atoms with Gasteiger partial charge in [-0.3, -0.25) is 9.59 Å². The third-order valence-corrected chi connectivity index (χ3v) is 8.76. The first-order chi connectivity index (χ1) is 20.8. The fourth-order valence-corrected chi connectivity index (χ4v) is 6.06. The first kappa shape index (κ1) is 30.4. The molecule has 1 aliphatic heterocycles. The fourth-order valence-electron chi connectivity index (χ4n) is 6.06. The van der Waals surface area contributed by atoms with E-state index in [1.165, 1.54) is 0 Å². The van der Waals surface area contributed by atoms with E-state index in [0.717, 1.165) is 42.9 Å². The Labute approximate surface area is 253 Å². The van der Waals surface area contributed by atoms with Crippen molar-refractivity contribution in [1.82, 2.24) is 9.80 Å². The van der Waals surface area contributed by atoms with Gasteiger partial charge in [0.1, 0.15) is 6.10 Å². The minimum Gasteiger partial charge on any atom is -0.485 e. The van der Waals surface area contributed by atoms with Gasteiger partial charge in [-0.15, -0.1) is 0 Å². The Bertz CT molecular complexity index is 1460. The Morgan fingerprint density at radius 3 is 2.47 bits per heavy atom. The van der Waals surface area contributed by atoms with E-state index in [1.54, 1.807) is 42.0 Å². The zero-order chi connectivity index (χ0) is 30.5. The SMILES string of the molecule is C[C@@H]1CN([C@H](C)CO)C(=O)c2cccc(NC(=O)C3CCCCC3)c2O[C@H]1CN(C)C(=O)Nc1cccc2ccccc12. The molecular formula is C34H42N4O5. The molecule has 2 aliphatic rings. The summed E-state index contributed by atoms with van der Waals surface area (Å²) in [6.07, 6.45) is 4.39. The zero-order valence-electron chi connectivity index (χ0n) is 25.2. The molecule has 0 spiro atoms. The van der Waals surface area contributed by atoms with Crippen LogP contribution in [0.3, 0.4) is 0 Å². The second-order valence-electron chi connectivity index (χ2n) is 12.0. The number of fused-ring (bicyclic) bond motifs is 2. The number of aliphatic hydroxyl groups is 1. The standard InChI is InChI=1S/C34H42N4O5/c1-22-19-38(23(2)21-39)33(41)27-16-10-18-29(35-32(40)25-12-5-4-6-13-25)31(27)43-30(22)20-37(3)34(42)36-28-17-9-14-24-11-7-8-15-26(24)28/h7-11,14-18,22-23,25,30,39H,4-6,12-13,19-21H2,1-3H3,(H,35,40)(H,36,42)/t22-,23-,30+/m1/s1. The van der Waals surface area contributed by atoms with Gasteiger partial charge in [0.25, 0.3) is 5.91 Å². The number of carbonyl (C=O) groups is 3. The van der Waals surface area contributed by atoms with Crippen molar-refractivity contribution in [3.05, 3.63) is 66.2 Å². The molecule has 1 fully saturated rings. The normalized spacial score (nSPS) is 19.9. The minimum atomic E-state index is -0.503. The van der Waals surface area contributed by atoms with Gasteiger partial charge in [0.2, 0.25) is 5.91 Å². The second kappa shape index (κ2) is 13.5. The van der Waals surface area contributed by atoms with E-state index in [1.807, 2.05) is 49.4 Å². The summed E-state index contributed by atoms with van der Waals surface area (Å²) in [5.41, 5.74) is 1.48. The molecule has 1 aliphatic carbocycles. The van der Waals surface area contributed by atoms with E-state index >= 15 is 0 Å². The summed E-state index contributed by atoms with van der Waals surface area (Å²) in [4.78, 5) is 43.6. The number of hydrogen-bond acceptors (Lipinski definition) is 5. The van der Waals surface area contributed by atoms with Gasteiger partial charge in [0.05, 0.1) is 36.1 Å². The Morgan fingerprint density at radius 2 is 1.70 bits per heavy atom. The molecule has 3 atom stereocenters. The number of amides is 4. The zero-order valence-corrected chi connectivity index (χ0v) is 25.2. The lowest BCUT2D eigenvalue weighted by Gasteiger charge is -2.38. The van der Waals surface area contributed by atoms with Crippen LogP contribution in [-0.2, 0) is 4.79 Å². The van der Waals surface area contributed by atoms with Crippen LogP contribution in [-0.4, -0.2) is 71.6 Å². The molecule has 1 heterocycles. The summed E-state index contributed by atoms with van der Waals surface area (Å²) in [6.45, 7) is 4.16. The number of rotatable bonds is 7. The number of para-hydroxylation sites is 1. The predicted molar refractivity (Wildman–Crippen MR) is 168 cm³/mol. The number of anilines is 2. The smallest absolute Gasteiger partial charge is 0.321 e. The molecular weight excluding hydrogens is 544 g/mol. The number of benzene rings is 3. The average molecular weight is 587 g/mol. The molecule has 9 heteroatoms.